The molecule has 2 fully saturated rings. The maximum Gasteiger partial charge on any atom is 0.225 e. The lowest BCUT2D eigenvalue weighted by Gasteiger charge is -2.36. The van der Waals surface area contributed by atoms with Crippen molar-refractivity contribution in [2.24, 2.45) is 4.99 Å². The summed E-state index contributed by atoms with van der Waals surface area (Å²) in [5, 5.41) is 3.38. The molecule has 1 unspecified atom stereocenters. The molecular formula is C15H25IN6O2. The number of aromatic nitrogens is 2. The summed E-state index contributed by atoms with van der Waals surface area (Å²) in [6.07, 6.45) is 3.66. The van der Waals surface area contributed by atoms with Gasteiger partial charge in [-0.15, -0.1) is 24.0 Å². The SMILES string of the molecule is CN=C(NCC1COCCO1)N1CCN(c2ncccn2)CC1.I. The molecular weight excluding hydrogens is 423 g/mol. The summed E-state index contributed by atoms with van der Waals surface area (Å²) in [6, 6.07) is 1.84. The molecule has 0 aliphatic carbocycles. The van der Waals surface area contributed by atoms with Gasteiger partial charge in [0, 0.05) is 52.2 Å². The van der Waals surface area contributed by atoms with Crippen LogP contribution in [-0.2, 0) is 9.47 Å². The summed E-state index contributed by atoms with van der Waals surface area (Å²) >= 11 is 0. The zero-order valence-electron chi connectivity index (χ0n) is 13.9. The lowest BCUT2D eigenvalue weighted by atomic mass is 10.3. The normalized spacial score (nSPS) is 22.0. The highest BCUT2D eigenvalue weighted by Crippen LogP contribution is 2.10. The van der Waals surface area contributed by atoms with Gasteiger partial charge in [0.05, 0.1) is 25.9 Å². The van der Waals surface area contributed by atoms with Crippen molar-refractivity contribution in [3.63, 3.8) is 0 Å². The minimum Gasteiger partial charge on any atom is -0.376 e. The van der Waals surface area contributed by atoms with E-state index in [-0.39, 0.29) is 30.1 Å². The standard InChI is InChI=1S/C15H24N6O2.HI/c1-16-14(19-11-13-12-22-9-10-23-13)20-5-7-21(8-6-20)15-17-3-2-4-18-15;/h2-4,13H,5-12H2,1H3,(H,16,19);1H. The Balaban J connectivity index is 0.00000208. The van der Waals surface area contributed by atoms with E-state index in [0.29, 0.717) is 26.4 Å². The maximum absolute atomic E-state index is 5.65. The first-order chi connectivity index (χ1) is 11.4. The third-order valence-electron chi connectivity index (χ3n) is 4.00. The van der Waals surface area contributed by atoms with Crippen LogP contribution in [0.25, 0.3) is 0 Å². The predicted molar refractivity (Wildman–Crippen MR) is 103 cm³/mol. The second kappa shape index (κ2) is 9.94. The molecule has 0 radical (unpaired) electrons. The molecule has 2 aliphatic rings. The van der Waals surface area contributed by atoms with Crippen LogP contribution in [0, 0.1) is 0 Å². The number of nitrogens with zero attached hydrogens (tertiary/aromatic N) is 5. The van der Waals surface area contributed by atoms with Gasteiger partial charge in [-0.25, -0.2) is 9.97 Å². The summed E-state index contributed by atoms with van der Waals surface area (Å²) in [6.45, 7) is 6.26. The number of hydrogen-bond donors (Lipinski definition) is 1. The van der Waals surface area contributed by atoms with Crippen molar-refractivity contribution in [3.8, 4) is 0 Å². The van der Waals surface area contributed by atoms with Gasteiger partial charge in [-0.05, 0) is 6.07 Å². The van der Waals surface area contributed by atoms with E-state index in [4.69, 9.17) is 9.47 Å². The first-order valence-electron chi connectivity index (χ1n) is 8.04. The molecule has 0 aromatic carbocycles. The molecule has 134 valence electrons. The van der Waals surface area contributed by atoms with Gasteiger partial charge in [-0.1, -0.05) is 0 Å². The molecule has 9 heteroatoms. The second-order valence-corrected chi connectivity index (χ2v) is 5.52. The average molecular weight is 448 g/mol. The van der Waals surface area contributed by atoms with Crippen LogP contribution in [0.1, 0.15) is 0 Å². The molecule has 8 nitrogen and oxygen atoms in total. The van der Waals surface area contributed by atoms with Crippen molar-refractivity contribution >= 4 is 35.9 Å². The van der Waals surface area contributed by atoms with Crippen LogP contribution in [0.15, 0.2) is 23.5 Å². The highest BCUT2D eigenvalue weighted by molar-refractivity contribution is 14.0. The van der Waals surface area contributed by atoms with Crippen molar-refractivity contribution in [1.82, 2.24) is 20.2 Å². The Bertz CT molecular complexity index is 504. The Kier molecular flexibility index (Phi) is 7.92. The number of ether oxygens (including phenoxy) is 2. The fourth-order valence-electron chi connectivity index (χ4n) is 2.76. The molecule has 3 rings (SSSR count). The van der Waals surface area contributed by atoms with E-state index in [2.05, 4.69) is 30.1 Å². The topological polar surface area (TPSA) is 75.1 Å². The minimum atomic E-state index is 0. The number of halogens is 1. The lowest BCUT2D eigenvalue weighted by molar-refractivity contribution is -0.0851. The number of hydrogen-bond acceptors (Lipinski definition) is 6. The van der Waals surface area contributed by atoms with E-state index in [1.165, 1.54) is 0 Å². The van der Waals surface area contributed by atoms with E-state index in [9.17, 15) is 0 Å². The average Bonchev–Trinajstić information content (AvgIpc) is 2.64. The Labute approximate surface area is 159 Å². The zero-order valence-corrected chi connectivity index (χ0v) is 16.3. The monoisotopic (exact) mass is 448 g/mol. The van der Waals surface area contributed by atoms with Crippen molar-refractivity contribution in [1.29, 1.82) is 0 Å². The van der Waals surface area contributed by atoms with Gasteiger partial charge in [0.25, 0.3) is 0 Å². The van der Waals surface area contributed by atoms with Crippen molar-refractivity contribution in [3.05, 3.63) is 18.5 Å². The van der Waals surface area contributed by atoms with Crippen molar-refractivity contribution < 1.29 is 9.47 Å². The number of guanidine groups is 1. The van der Waals surface area contributed by atoms with E-state index in [1.807, 2.05) is 13.1 Å². The van der Waals surface area contributed by atoms with E-state index < -0.39 is 0 Å². The summed E-state index contributed by atoms with van der Waals surface area (Å²) in [7, 11) is 1.81. The molecule has 0 saturated carbocycles. The van der Waals surface area contributed by atoms with Gasteiger partial charge in [-0.2, -0.15) is 0 Å². The van der Waals surface area contributed by atoms with E-state index in [0.717, 1.165) is 38.1 Å². The number of anilines is 1. The predicted octanol–water partition coefficient (Wildman–Crippen LogP) is 0.207. The smallest absolute Gasteiger partial charge is 0.225 e. The van der Waals surface area contributed by atoms with Crippen LogP contribution in [0.2, 0.25) is 0 Å². The number of aliphatic imine (C=N–C) groups is 1. The van der Waals surface area contributed by atoms with Crippen molar-refractivity contribution in [2.45, 2.75) is 6.10 Å². The van der Waals surface area contributed by atoms with Gasteiger partial charge in [-0.3, -0.25) is 4.99 Å². The van der Waals surface area contributed by atoms with E-state index in [1.54, 1.807) is 12.4 Å². The molecule has 24 heavy (non-hydrogen) atoms. The summed E-state index contributed by atoms with van der Waals surface area (Å²) < 4.78 is 11.1. The van der Waals surface area contributed by atoms with Gasteiger partial charge in [0.15, 0.2) is 5.96 Å². The minimum absolute atomic E-state index is 0. The van der Waals surface area contributed by atoms with Gasteiger partial charge < -0.3 is 24.6 Å². The molecule has 0 amide bonds. The van der Waals surface area contributed by atoms with Crippen LogP contribution in [0.3, 0.4) is 0 Å². The molecule has 1 aromatic heterocycles. The summed E-state index contributed by atoms with van der Waals surface area (Å²) in [5.74, 6) is 1.70. The van der Waals surface area contributed by atoms with Crippen LogP contribution >= 0.6 is 24.0 Å². The maximum atomic E-state index is 5.65. The van der Waals surface area contributed by atoms with Gasteiger partial charge in [0.1, 0.15) is 0 Å². The third-order valence-corrected chi connectivity index (χ3v) is 4.00. The summed E-state index contributed by atoms with van der Waals surface area (Å²) in [4.78, 5) is 17.4. The molecule has 0 spiro atoms. The zero-order chi connectivity index (χ0) is 15.9. The lowest BCUT2D eigenvalue weighted by Crippen LogP contribution is -2.54. The van der Waals surface area contributed by atoms with Gasteiger partial charge in [0.2, 0.25) is 5.95 Å². The van der Waals surface area contributed by atoms with Crippen LogP contribution in [0.4, 0.5) is 5.95 Å². The quantitative estimate of drug-likeness (QED) is 0.403. The van der Waals surface area contributed by atoms with Crippen molar-refractivity contribution in [2.75, 3.05) is 64.5 Å². The Morgan fingerprint density at radius 3 is 2.62 bits per heavy atom. The molecule has 1 atom stereocenters. The number of rotatable bonds is 3. The first-order valence-corrected chi connectivity index (χ1v) is 8.04. The first kappa shape index (κ1) is 19.1. The fraction of sp³-hybridized carbons (Fsp3) is 0.667. The molecule has 2 saturated heterocycles. The largest absolute Gasteiger partial charge is 0.376 e. The van der Waals surface area contributed by atoms with Gasteiger partial charge >= 0.3 is 0 Å². The second-order valence-electron chi connectivity index (χ2n) is 5.52. The Hall–Kier alpha value is -1.20. The summed E-state index contributed by atoms with van der Waals surface area (Å²) in [5.41, 5.74) is 0. The Morgan fingerprint density at radius 2 is 2.00 bits per heavy atom. The fourth-order valence-corrected chi connectivity index (χ4v) is 2.76. The molecule has 1 aromatic rings. The molecule has 0 bridgehead atoms. The Morgan fingerprint density at radius 1 is 1.25 bits per heavy atom. The molecule has 3 heterocycles. The number of nitrogens with one attached hydrogen (secondary N) is 1. The van der Waals surface area contributed by atoms with Crippen LogP contribution in [0.5, 0.6) is 0 Å². The highest BCUT2D eigenvalue weighted by Gasteiger charge is 2.22. The highest BCUT2D eigenvalue weighted by atomic mass is 127. The molecule has 1 N–H and O–H groups in total. The third kappa shape index (κ3) is 5.15. The van der Waals surface area contributed by atoms with Crippen LogP contribution in [-0.4, -0.2) is 86.5 Å². The number of piperazine rings is 1. The van der Waals surface area contributed by atoms with Crippen LogP contribution < -0.4 is 10.2 Å². The van der Waals surface area contributed by atoms with E-state index >= 15 is 0 Å². The molecule has 2 aliphatic heterocycles.